The zero-order valence-electron chi connectivity index (χ0n) is 19.2. The first-order valence-electron chi connectivity index (χ1n) is 12.1. The zero-order chi connectivity index (χ0) is 23.2. The van der Waals surface area contributed by atoms with E-state index in [0.29, 0.717) is 26.1 Å². The number of carbonyl (C=O) groups excluding carboxylic acids is 1. The molecule has 1 amide bonds. The first kappa shape index (κ1) is 21.7. The first-order chi connectivity index (χ1) is 16.6. The van der Waals surface area contributed by atoms with E-state index in [1.807, 2.05) is 29.2 Å². The van der Waals surface area contributed by atoms with Gasteiger partial charge in [-0.05, 0) is 35.7 Å². The third-order valence-corrected chi connectivity index (χ3v) is 7.59. The second kappa shape index (κ2) is 8.78. The van der Waals surface area contributed by atoms with Gasteiger partial charge in [0, 0.05) is 69.0 Å². The summed E-state index contributed by atoms with van der Waals surface area (Å²) in [7, 11) is 0. The van der Waals surface area contributed by atoms with E-state index >= 15 is 0 Å². The second-order valence-corrected chi connectivity index (χ2v) is 9.52. The maximum atomic E-state index is 13.5. The van der Waals surface area contributed by atoms with Crippen molar-refractivity contribution in [3.63, 3.8) is 0 Å². The number of halogens is 1. The maximum absolute atomic E-state index is 13.5. The van der Waals surface area contributed by atoms with Crippen molar-refractivity contribution in [2.24, 2.45) is 0 Å². The lowest BCUT2D eigenvalue weighted by Crippen LogP contribution is -2.48. The normalized spacial score (nSPS) is 23.5. The van der Waals surface area contributed by atoms with E-state index in [1.165, 1.54) is 17.7 Å². The summed E-state index contributed by atoms with van der Waals surface area (Å²) in [5.41, 5.74) is 4.43. The van der Waals surface area contributed by atoms with Crippen molar-refractivity contribution in [1.82, 2.24) is 24.6 Å². The van der Waals surface area contributed by atoms with Gasteiger partial charge in [0.05, 0.1) is 6.04 Å². The summed E-state index contributed by atoms with van der Waals surface area (Å²) in [6.07, 6.45) is -0.322. The molecule has 2 saturated heterocycles. The fourth-order valence-electron chi connectivity index (χ4n) is 5.75. The minimum absolute atomic E-state index is 0.0173. The van der Waals surface area contributed by atoms with Crippen molar-refractivity contribution in [2.45, 2.75) is 31.9 Å². The van der Waals surface area contributed by atoms with E-state index in [0.717, 1.165) is 54.9 Å². The number of nitrogens with one attached hydrogen (secondary N) is 1. The van der Waals surface area contributed by atoms with E-state index in [9.17, 15) is 14.3 Å². The van der Waals surface area contributed by atoms with Crippen LogP contribution in [0.5, 0.6) is 0 Å². The quantitative estimate of drug-likeness (QED) is 0.602. The molecule has 2 fully saturated rings. The van der Waals surface area contributed by atoms with Crippen LogP contribution in [0.1, 0.15) is 16.8 Å². The Hall–Kier alpha value is -2.78. The number of piperazine rings is 1. The molecule has 0 saturated carbocycles. The number of benzene rings is 2. The maximum Gasteiger partial charge on any atom is 0.243 e. The fraction of sp³-hybridized carbons (Fsp3) is 0.423. The van der Waals surface area contributed by atoms with Crippen molar-refractivity contribution in [2.75, 3.05) is 39.3 Å². The Morgan fingerprint density at radius 2 is 1.79 bits per heavy atom. The number of rotatable bonds is 5. The van der Waals surface area contributed by atoms with Crippen LogP contribution in [0.4, 0.5) is 4.39 Å². The van der Waals surface area contributed by atoms with Crippen LogP contribution >= 0.6 is 0 Å². The molecule has 0 bridgehead atoms. The number of para-hydroxylation sites is 1. The van der Waals surface area contributed by atoms with E-state index in [4.69, 9.17) is 0 Å². The molecule has 2 unspecified atom stereocenters. The van der Waals surface area contributed by atoms with E-state index in [-0.39, 0.29) is 17.8 Å². The van der Waals surface area contributed by atoms with Gasteiger partial charge in [0.25, 0.3) is 0 Å². The predicted octanol–water partition coefficient (Wildman–Crippen LogP) is 1.58. The largest absolute Gasteiger partial charge is 0.361 e. The highest BCUT2D eigenvalue weighted by Crippen LogP contribution is 2.37. The standard InChI is InChI=1S/C26H30FN5O2/c27-19-7-5-18(6-8-19)16-31-22-4-2-1-3-20(22)21-15-23-25(33)30(26(34)32(23)17-24(21)31)14-13-29-11-9-28-10-12-29/h1-8,23,26,28,34H,9-17H2. The van der Waals surface area contributed by atoms with Crippen molar-refractivity contribution in [3.05, 3.63) is 71.2 Å². The number of aliphatic hydroxyl groups is 1. The third kappa shape index (κ3) is 3.71. The molecule has 34 heavy (non-hydrogen) atoms. The molecule has 2 N–H and O–H groups in total. The lowest BCUT2D eigenvalue weighted by Gasteiger charge is -2.32. The minimum atomic E-state index is -0.911. The van der Waals surface area contributed by atoms with E-state index in [2.05, 4.69) is 26.9 Å². The molecule has 8 heteroatoms. The zero-order valence-corrected chi connectivity index (χ0v) is 19.2. The Bertz CT molecular complexity index is 1200. The summed E-state index contributed by atoms with van der Waals surface area (Å²) in [5.74, 6) is -0.228. The summed E-state index contributed by atoms with van der Waals surface area (Å²) in [6, 6.07) is 14.5. The molecule has 6 rings (SSSR count). The lowest BCUT2D eigenvalue weighted by atomic mass is 9.97. The molecule has 4 heterocycles. The number of fused-ring (bicyclic) bond motifs is 4. The summed E-state index contributed by atoms with van der Waals surface area (Å²) in [4.78, 5) is 19.3. The highest BCUT2D eigenvalue weighted by atomic mass is 19.1. The van der Waals surface area contributed by atoms with Gasteiger partial charge in [-0.2, -0.15) is 0 Å². The molecule has 2 aromatic carbocycles. The second-order valence-electron chi connectivity index (χ2n) is 9.52. The van der Waals surface area contributed by atoms with Gasteiger partial charge in [-0.15, -0.1) is 0 Å². The lowest BCUT2D eigenvalue weighted by molar-refractivity contribution is -0.135. The Morgan fingerprint density at radius 3 is 2.59 bits per heavy atom. The highest BCUT2D eigenvalue weighted by molar-refractivity contribution is 5.89. The average molecular weight is 464 g/mol. The number of carbonyl (C=O) groups is 1. The molecule has 3 aliphatic heterocycles. The van der Waals surface area contributed by atoms with Crippen LogP contribution in [0.25, 0.3) is 10.9 Å². The molecule has 178 valence electrons. The number of hydrogen-bond donors (Lipinski definition) is 2. The SMILES string of the molecule is O=C1C2Cc3c(n(Cc4ccc(F)cc4)c4ccccc34)CN2C(O)N1CCN1CCNCC1. The number of hydrogen-bond acceptors (Lipinski definition) is 5. The van der Waals surface area contributed by atoms with Crippen molar-refractivity contribution >= 4 is 16.8 Å². The van der Waals surface area contributed by atoms with Crippen LogP contribution in [0.2, 0.25) is 0 Å². The minimum Gasteiger partial charge on any atom is -0.361 e. The summed E-state index contributed by atoms with van der Waals surface area (Å²) in [6.45, 7) is 6.30. The van der Waals surface area contributed by atoms with Gasteiger partial charge < -0.3 is 19.9 Å². The van der Waals surface area contributed by atoms with Gasteiger partial charge >= 0.3 is 0 Å². The summed E-state index contributed by atoms with van der Waals surface area (Å²) in [5, 5.41) is 15.6. The van der Waals surface area contributed by atoms with E-state index < -0.39 is 6.35 Å². The molecular weight excluding hydrogens is 433 g/mol. The molecule has 2 atom stereocenters. The van der Waals surface area contributed by atoms with Crippen LogP contribution in [0, 0.1) is 5.82 Å². The Morgan fingerprint density at radius 1 is 1.03 bits per heavy atom. The Kier molecular flexibility index (Phi) is 5.61. The molecule has 0 spiro atoms. The third-order valence-electron chi connectivity index (χ3n) is 7.59. The summed E-state index contributed by atoms with van der Waals surface area (Å²) < 4.78 is 15.7. The first-order valence-corrected chi connectivity index (χ1v) is 12.1. The number of aromatic nitrogens is 1. The van der Waals surface area contributed by atoms with Crippen molar-refractivity contribution < 1.29 is 14.3 Å². The van der Waals surface area contributed by atoms with Gasteiger partial charge in [-0.1, -0.05) is 30.3 Å². The molecule has 1 aromatic heterocycles. The van der Waals surface area contributed by atoms with Crippen LogP contribution in [-0.2, 0) is 24.3 Å². The molecular formula is C26H30FN5O2. The number of amides is 1. The van der Waals surface area contributed by atoms with Gasteiger partial charge in [0.15, 0.2) is 6.35 Å². The van der Waals surface area contributed by atoms with Gasteiger partial charge in [0.2, 0.25) is 5.91 Å². The Balaban J connectivity index is 1.28. The highest BCUT2D eigenvalue weighted by Gasteiger charge is 2.48. The smallest absolute Gasteiger partial charge is 0.243 e. The molecule has 0 radical (unpaired) electrons. The van der Waals surface area contributed by atoms with E-state index in [1.54, 1.807) is 4.90 Å². The van der Waals surface area contributed by atoms with Crippen LogP contribution < -0.4 is 5.32 Å². The number of aliphatic hydroxyl groups excluding tert-OH is 1. The number of nitrogens with zero attached hydrogens (tertiary/aromatic N) is 4. The molecule has 3 aliphatic rings. The predicted molar refractivity (Wildman–Crippen MR) is 128 cm³/mol. The van der Waals surface area contributed by atoms with Crippen LogP contribution in [0.15, 0.2) is 48.5 Å². The van der Waals surface area contributed by atoms with Gasteiger partial charge in [0.1, 0.15) is 5.82 Å². The topological polar surface area (TPSA) is 64.0 Å². The van der Waals surface area contributed by atoms with Crippen LogP contribution in [-0.4, -0.2) is 81.9 Å². The Labute approximate surface area is 198 Å². The monoisotopic (exact) mass is 463 g/mol. The average Bonchev–Trinajstić information content (AvgIpc) is 3.30. The molecule has 3 aromatic rings. The van der Waals surface area contributed by atoms with Crippen LogP contribution in [0.3, 0.4) is 0 Å². The molecule has 7 nitrogen and oxygen atoms in total. The summed E-state index contributed by atoms with van der Waals surface area (Å²) >= 11 is 0. The van der Waals surface area contributed by atoms with Gasteiger partial charge in [-0.3, -0.25) is 9.69 Å². The fourth-order valence-corrected chi connectivity index (χ4v) is 5.75. The van der Waals surface area contributed by atoms with Gasteiger partial charge in [-0.25, -0.2) is 9.29 Å². The van der Waals surface area contributed by atoms with Crippen molar-refractivity contribution in [1.29, 1.82) is 0 Å². The molecule has 0 aliphatic carbocycles. The van der Waals surface area contributed by atoms with Crippen molar-refractivity contribution in [3.8, 4) is 0 Å².